The first kappa shape index (κ1) is 18.8. The third kappa shape index (κ3) is 3.92. The molecule has 0 saturated carbocycles. The molecular weight excluding hydrogens is 320 g/mol. The summed E-state index contributed by atoms with van der Waals surface area (Å²) >= 11 is 0. The number of carbonyl (C=O) groups excluding carboxylic acids is 2. The number of Topliss-reactive ketones (excluding diaryl/α,β-unsaturated/α-hetero) is 1. The van der Waals surface area contributed by atoms with E-state index in [-0.39, 0.29) is 5.78 Å². The molecule has 7 nitrogen and oxygen atoms in total. The van der Waals surface area contributed by atoms with E-state index in [4.69, 9.17) is 4.74 Å². The standard InChI is InChI=1S/C18H26N4O3/c1-8-20(17(24)25-18(5,6)7)22-15(14(4)23)11-16(19-22)21-12(2)9-10-13(21)3/h9-11H,8H2,1-7H3. The molecule has 2 rings (SSSR count). The molecule has 0 aliphatic heterocycles. The summed E-state index contributed by atoms with van der Waals surface area (Å²) in [6.07, 6.45) is -0.548. The number of carbonyl (C=O) groups is 2. The van der Waals surface area contributed by atoms with Crippen molar-refractivity contribution in [3.63, 3.8) is 0 Å². The number of aromatic nitrogens is 3. The van der Waals surface area contributed by atoms with Crippen LogP contribution in [0.4, 0.5) is 4.79 Å². The Morgan fingerprint density at radius 2 is 1.76 bits per heavy atom. The van der Waals surface area contributed by atoms with Crippen molar-refractivity contribution in [3.05, 3.63) is 35.3 Å². The van der Waals surface area contributed by atoms with Gasteiger partial charge in [-0.2, -0.15) is 9.80 Å². The largest absolute Gasteiger partial charge is 0.442 e. The van der Waals surface area contributed by atoms with Gasteiger partial charge in [0.05, 0.1) is 0 Å². The monoisotopic (exact) mass is 346 g/mol. The summed E-state index contributed by atoms with van der Waals surface area (Å²) in [6.45, 7) is 12.9. The zero-order valence-corrected chi connectivity index (χ0v) is 16.0. The van der Waals surface area contributed by atoms with Crippen molar-refractivity contribution in [3.8, 4) is 5.82 Å². The average Bonchev–Trinajstić information content (AvgIpc) is 3.02. The second-order valence-corrected chi connectivity index (χ2v) is 6.98. The summed E-state index contributed by atoms with van der Waals surface area (Å²) in [5.74, 6) is 0.412. The Bertz CT molecular complexity index is 776. The lowest BCUT2D eigenvalue weighted by Gasteiger charge is -2.26. The zero-order valence-electron chi connectivity index (χ0n) is 16.0. The van der Waals surface area contributed by atoms with Gasteiger partial charge < -0.3 is 9.30 Å². The lowest BCUT2D eigenvalue weighted by Crippen LogP contribution is -2.45. The van der Waals surface area contributed by atoms with E-state index in [0.29, 0.717) is 18.1 Å². The highest BCUT2D eigenvalue weighted by atomic mass is 16.6. The second-order valence-electron chi connectivity index (χ2n) is 6.98. The molecule has 0 aromatic carbocycles. The van der Waals surface area contributed by atoms with Crippen molar-refractivity contribution in [2.24, 2.45) is 0 Å². The van der Waals surface area contributed by atoms with Crippen molar-refractivity contribution in [2.75, 3.05) is 11.6 Å². The first-order valence-corrected chi connectivity index (χ1v) is 8.32. The minimum Gasteiger partial charge on any atom is -0.442 e. The third-order valence-corrected chi connectivity index (χ3v) is 3.67. The van der Waals surface area contributed by atoms with Gasteiger partial charge in [-0.05, 0) is 53.7 Å². The molecule has 25 heavy (non-hydrogen) atoms. The van der Waals surface area contributed by atoms with Gasteiger partial charge in [0.25, 0.3) is 0 Å². The molecule has 0 radical (unpaired) electrons. The Balaban J connectivity index is 2.52. The molecule has 0 spiro atoms. The van der Waals surface area contributed by atoms with Gasteiger partial charge in [-0.25, -0.2) is 4.79 Å². The predicted molar refractivity (Wildman–Crippen MR) is 96.0 cm³/mol. The second kappa shape index (κ2) is 6.74. The number of ether oxygens (including phenoxy) is 1. The first-order valence-electron chi connectivity index (χ1n) is 8.32. The maximum atomic E-state index is 12.5. The van der Waals surface area contributed by atoms with E-state index in [1.807, 2.05) is 30.5 Å². The van der Waals surface area contributed by atoms with Crippen molar-refractivity contribution in [1.29, 1.82) is 0 Å². The number of aryl methyl sites for hydroxylation is 2. The summed E-state index contributed by atoms with van der Waals surface area (Å²) in [4.78, 5) is 26.0. The summed E-state index contributed by atoms with van der Waals surface area (Å²) in [5, 5.41) is 5.82. The number of amides is 1. The van der Waals surface area contributed by atoms with E-state index in [1.165, 1.54) is 16.7 Å². The number of hydrogen-bond acceptors (Lipinski definition) is 4. The van der Waals surface area contributed by atoms with Crippen molar-refractivity contribution >= 4 is 11.9 Å². The minimum absolute atomic E-state index is 0.178. The fourth-order valence-electron chi connectivity index (χ4n) is 2.58. The quantitative estimate of drug-likeness (QED) is 0.796. The van der Waals surface area contributed by atoms with E-state index in [0.717, 1.165) is 11.4 Å². The fraction of sp³-hybridized carbons (Fsp3) is 0.500. The van der Waals surface area contributed by atoms with Crippen molar-refractivity contribution in [1.82, 2.24) is 14.5 Å². The van der Waals surface area contributed by atoms with E-state index in [9.17, 15) is 9.59 Å². The van der Waals surface area contributed by atoms with E-state index < -0.39 is 11.7 Å². The summed E-state index contributed by atoms with van der Waals surface area (Å²) in [6, 6.07) is 5.65. The number of ketones is 1. The molecule has 0 bridgehead atoms. The van der Waals surface area contributed by atoms with E-state index >= 15 is 0 Å². The van der Waals surface area contributed by atoms with Gasteiger partial charge in [-0.15, -0.1) is 5.10 Å². The molecule has 7 heteroatoms. The molecule has 0 atom stereocenters. The molecule has 0 N–H and O–H groups in total. The Hall–Kier alpha value is -2.57. The molecular formula is C18H26N4O3. The molecule has 2 aromatic rings. The molecule has 0 aliphatic carbocycles. The molecule has 1 amide bonds. The number of hydrogen-bond donors (Lipinski definition) is 0. The Labute approximate surface area is 148 Å². The van der Waals surface area contributed by atoms with Crippen LogP contribution in [0.2, 0.25) is 0 Å². The lowest BCUT2D eigenvalue weighted by molar-refractivity contribution is 0.0532. The summed E-state index contributed by atoms with van der Waals surface area (Å²) in [7, 11) is 0. The van der Waals surface area contributed by atoms with Crippen LogP contribution in [-0.2, 0) is 4.74 Å². The van der Waals surface area contributed by atoms with Gasteiger partial charge in [0.2, 0.25) is 0 Å². The Morgan fingerprint density at radius 1 is 1.20 bits per heavy atom. The van der Waals surface area contributed by atoms with Crippen LogP contribution in [0.5, 0.6) is 0 Å². The molecule has 136 valence electrons. The minimum atomic E-state index is -0.634. The summed E-state index contributed by atoms with van der Waals surface area (Å²) < 4.78 is 7.37. The van der Waals surface area contributed by atoms with Crippen LogP contribution in [-0.4, -0.2) is 38.5 Å². The van der Waals surface area contributed by atoms with E-state index in [2.05, 4.69) is 5.10 Å². The molecule has 2 aromatic heterocycles. The fourth-order valence-corrected chi connectivity index (χ4v) is 2.58. The third-order valence-electron chi connectivity index (χ3n) is 3.67. The van der Waals surface area contributed by atoms with Crippen LogP contribution < -0.4 is 5.01 Å². The highest BCUT2D eigenvalue weighted by molar-refractivity contribution is 5.94. The highest BCUT2D eigenvalue weighted by Gasteiger charge is 2.26. The van der Waals surface area contributed by atoms with Gasteiger partial charge in [0, 0.05) is 30.9 Å². The molecule has 0 saturated heterocycles. The van der Waals surface area contributed by atoms with Gasteiger partial charge in [0.15, 0.2) is 11.6 Å². The van der Waals surface area contributed by atoms with E-state index in [1.54, 1.807) is 33.8 Å². The maximum Gasteiger partial charge on any atom is 0.430 e. The van der Waals surface area contributed by atoms with Crippen LogP contribution in [0.3, 0.4) is 0 Å². The van der Waals surface area contributed by atoms with Crippen LogP contribution in [0.25, 0.3) is 5.82 Å². The van der Waals surface area contributed by atoms with Crippen LogP contribution >= 0.6 is 0 Å². The van der Waals surface area contributed by atoms with Gasteiger partial charge in [-0.1, -0.05) is 0 Å². The number of rotatable bonds is 4. The van der Waals surface area contributed by atoms with Crippen LogP contribution in [0.15, 0.2) is 18.2 Å². The normalized spacial score (nSPS) is 11.5. The maximum absolute atomic E-state index is 12.5. The van der Waals surface area contributed by atoms with Gasteiger partial charge in [-0.3, -0.25) is 4.79 Å². The predicted octanol–water partition coefficient (Wildman–Crippen LogP) is 3.39. The average molecular weight is 346 g/mol. The lowest BCUT2D eigenvalue weighted by atomic mass is 10.2. The highest BCUT2D eigenvalue weighted by Crippen LogP contribution is 2.18. The summed E-state index contributed by atoms with van der Waals surface area (Å²) in [5.41, 5.74) is 1.69. The molecule has 2 heterocycles. The topological polar surface area (TPSA) is 69.4 Å². The SMILES string of the molecule is CCN(C(=O)OC(C)(C)C)n1nc(-n2c(C)ccc2C)cc1C(C)=O. The van der Waals surface area contributed by atoms with Crippen LogP contribution in [0, 0.1) is 13.8 Å². The molecule has 0 unspecified atom stereocenters. The Morgan fingerprint density at radius 3 is 2.20 bits per heavy atom. The van der Waals surface area contributed by atoms with Crippen molar-refractivity contribution < 1.29 is 14.3 Å². The number of nitrogens with zero attached hydrogens (tertiary/aromatic N) is 4. The molecule has 0 aliphatic rings. The first-order chi connectivity index (χ1) is 11.5. The van der Waals surface area contributed by atoms with Crippen LogP contribution in [0.1, 0.15) is 56.5 Å². The Kier molecular flexibility index (Phi) is 5.06. The van der Waals surface area contributed by atoms with Gasteiger partial charge in [0.1, 0.15) is 11.3 Å². The molecule has 0 fully saturated rings. The zero-order chi connectivity index (χ0) is 18.9. The smallest absolute Gasteiger partial charge is 0.430 e. The van der Waals surface area contributed by atoms with Gasteiger partial charge >= 0.3 is 6.09 Å². The van der Waals surface area contributed by atoms with Crippen molar-refractivity contribution in [2.45, 2.75) is 54.1 Å².